The zero-order valence-corrected chi connectivity index (χ0v) is 13.3. The summed E-state index contributed by atoms with van der Waals surface area (Å²) in [5.74, 6) is -1.60. The average molecular weight is 368 g/mol. The van der Waals surface area contributed by atoms with Gasteiger partial charge in [-0.1, -0.05) is 28.4 Å². The molecule has 0 amide bonds. The molecule has 0 radical (unpaired) electrons. The van der Waals surface area contributed by atoms with Crippen molar-refractivity contribution in [1.29, 1.82) is 0 Å². The van der Waals surface area contributed by atoms with Gasteiger partial charge in [-0.3, -0.25) is 0 Å². The van der Waals surface area contributed by atoms with E-state index in [9.17, 15) is 17.6 Å². The zero-order chi connectivity index (χ0) is 15.6. The number of alkyl halides is 3. The maximum Gasteiger partial charge on any atom is 0.391 e. The van der Waals surface area contributed by atoms with Crippen LogP contribution in [-0.2, 0) is 0 Å². The summed E-state index contributed by atoms with van der Waals surface area (Å²) in [5.41, 5.74) is 0.479. The van der Waals surface area contributed by atoms with E-state index >= 15 is 0 Å². The minimum absolute atomic E-state index is 0.0754. The lowest BCUT2D eigenvalue weighted by atomic mass is 9.84. The van der Waals surface area contributed by atoms with Gasteiger partial charge in [-0.2, -0.15) is 13.2 Å². The van der Waals surface area contributed by atoms with Gasteiger partial charge < -0.3 is 5.32 Å². The molecule has 1 N–H and O–H groups in total. The SMILES string of the molecule is CC(NC1CCCC(C(F)(F)F)C1)c1ccc(Br)cc1F. The maximum atomic E-state index is 13.9. The molecule has 118 valence electrons. The number of hydrogen-bond acceptors (Lipinski definition) is 1. The smallest absolute Gasteiger partial charge is 0.307 e. The van der Waals surface area contributed by atoms with Crippen molar-refractivity contribution in [3.8, 4) is 0 Å². The molecule has 21 heavy (non-hydrogen) atoms. The van der Waals surface area contributed by atoms with Crippen LogP contribution >= 0.6 is 15.9 Å². The summed E-state index contributed by atoms with van der Waals surface area (Å²) in [5, 5.41) is 3.14. The Labute approximate surface area is 130 Å². The molecule has 3 unspecified atom stereocenters. The van der Waals surface area contributed by atoms with Crippen LogP contribution in [0.5, 0.6) is 0 Å². The molecule has 1 aromatic rings. The summed E-state index contributed by atoms with van der Waals surface area (Å²) < 4.78 is 52.9. The number of halogens is 5. The van der Waals surface area contributed by atoms with Crippen molar-refractivity contribution in [2.24, 2.45) is 5.92 Å². The molecule has 0 heterocycles. The summed E-state index contributed by atoms with van der Waals surface area (Å²) in [7, 11) is 0. The molecule has 0 bridgehead atoms. The minimum Gasteiger partial charge on any atom is -0.307 e. The van der Waals surface area contributed by atoms with Crippen LogP contribution in [0.15, 0.2) is 22.7 Å². The van der Waals surface area contributed by atoms with Gasteiger partial charge in [0.25, 0.3) is 0 Å². The minimum atomic E-state index is -4.13. The third-order valence-electron chi connectivity index (χ3n) is 4.05. The van der Waals surface area contributed by atoms with Crippen molar-refractivity contribution >= 4 is 15.9 Å². The molecule has 0 aromatic heterocycles. The van der Waals surface area contributed by atoms with Crippen LogP contribution in [-0.4, -0.2) is 12.2 Å². The molecule has 0 saturated heterocycles. The van der Waals surface area contributed by atoms with Crippen LogP contribution in [0.1, 0.15) is 44.2 Å². The van der Waals surface area contributed by atoms with Crippen LogP contribution in [0.2, 0.25) is 0 Å². The van der Waals surface area contributed by atoms with Gasteiger partial charge in [0.05, 0.1) is 5.92 Å². The monoisotopic (exact) mass is 367 g/mol. The largest absolute Gasteiger partial charge is 0.391 e. The first-order valence-electron chi connectivity index (χ1n) is 7.05. The van der Waals surface area contributed by atoms with Gasteiger partial charge in [-0.05, 0) is 38.3 Å². The Kier molecular flexibility index (Phi) is 5.30. The first-order valence-corrected chi connectivity index (χ1v) is 7.84. The second kappa shape index (κ2) is 6.65. The first kappa shape index (κ1) is 16.7. The van der Waals surface area contributed by atoms with Crippen LogP contribution < -0.4 is 5.32 Å². The van der Waals surface area contributed by atoms with E-state index in [-0.39, 0.29) is 30.7 Å². The Hall–Kier alpha value is -0.620. The van der Waals surface area contributed by atoms with Crippen molar-refractivity contribution in [2.45, 2.75) is 50.9 Å². The summed E-state index contributed by atoms with van der Waals surface area (Å²) >= 11 is 3.19. The number of nitrogens with one attached hydrogen (secondary N) is 1. The van der Waals surface area contributed by atoms with Crippen molar-refractivity contribution in [3.05, 3.63) is 34.1 Å². The average Bonchev–Trinajstić information content (AvgIpc) is 2.37. The second-order valence-corrected chi connectivity index (χ2v) is 6.57. The number of benzene rings is 1. The third kappa shape index (κ3) is 4.42. The van der Waals surface area contributed by atoms with E-state index in [2.05, 4.69) is 21.2 Å². The molecule has 2 rings (SSSR count). The standard InChI is InChI=1S/C15H18BrF4N/c1-9(13-6-5-11(16)8-14(13)17)21-12-4-2-3-10(7-12)15(18,19)20/h5-6,8-10,12,21H,2-4,7H2,1H3. The van der Waals surface area contributed by atoms with E-state index in [1.807, 2.05) is 0 Å². The molecule has 0 aliphatic heterocycles. The quantitative estimate of drug-likeness (QED) is 0.709. The van der Waals surface area contributed by atoms with E-state index < -0.39 is 12.1 Å². The van der Waals surface area contributed by atoms with Crippen molar-refractivity contribution in [3.63, 3.8) is 0 Å². The highest BCUT2D eigenvalue weighted by molar-refractivity contribution is 9.10. The Morgan fingerprint density at radius 2 is 2.00 bits per heavy atom. The van der Waals surface area contributed by atoms with Crippen molar-refractivity contribution in [1.82, 2.24) is 5.32 Å². The molecule has 1 aliphatic carbocycles. The Morgan fingerprint density at radius 3 is 2.62 bits per heavy atom. The lowest BCUT2D eigenvalue weighted by Crippen LogP contribution is -2.40. The molecule has 0 spiro atoms. The highest BCUT2D eigenvalue weighted by Gasteiger charge is 2.42. The van der Waals surface area contributed by atoms with E-state index in [0.29, 0.717) is 22.9 Å². The fourth-order valence-corrected chi connectivity index (χ4v) is 3.27. The molecular weight excluding hydrogens is 350 g/mol. The van der Waals surface area contributed by atoms with Gasteiger partial charge in [0.2, 0.25) is 0 Å². The summed E-state index contributed by atoms with van der Waals surface area (Å²) in [6.07, 6.45) is -2.60. The Bertz CT molecular complexity index is 489. The van der Waals surface area contributed by atoms with E-state index in [1.54, 1.807) is 19.1 Å². The Balaban J connectivity index is 2.00. The topological polar surface area (TPSA) is 12.0 Å². The van der Waals surface area contributed by atoms with E-state index in [4.69, 9.17) is 0 Å². The molecule has 1 nitrogen and oxygen atoms in total. The Morgan fingerprint density at radius 1 is 1.29 bits per heavy atom. The van der Waals surface area contributed by atoms with Gasteiger partial charge in [0.1, 0.15) is 5.82 Å². The molecule has 1 saturated carbocycles. The van der Waals surface area contributed by atoms with Crippen LogP contribution in [0.3, 0.4) is 0 Å². The highest BCUT2D eigenvalue weighted by atomic mass is 79.9. The first-order chi connectivity index (χ1) is 9.77. The summed E-state index contributed by atoms with van der Waals surface area (Å²) in [6.45, 7) is 1.78. The van der Waals surface area contributed by atoms with Gasteiger partial charge in [-0.25, -0.2) is 4.39 Å². The van der Waals surface area contributed by atoms with E-state index in [1.165, 1.54) is 6.07 Å². The fraction of sp³-hybridized carbons (Fsp3) is 0.600. The van der Waals surface area contributed by atoms with Crippen LogP contribution in [0.4, 0.5) is 17.6 Å². The molecular formula is C15H18BrF4N. The highest BCUT2D eigenvalue weighted by Crippen LogP contribution is 2.38. The summed E-state index contributed by atoms with van der Waals surface area (Å²) in [4.78, 5) is 0. The summed E-state index contributed by atoms with van der Waals surface area (Å²) in [6, 6.07) is 4.22. The zero-order valence-electron chi connectivity index (χ0n) is 11.7. The third-order valence-corrected chi connectivity index (χ3v) is 4.55. The predicted molar refractivity (Wildman–Crippen MR) is 77.5 cm³/mol. The van der Waals surface area contributed by atoms with Crippen molar-refractivity contribution in [2.75, 3.05) is 0 Å². The van der Waals surface area contributed by atoms with Crippen molar-refractivity contribution < 1.29 is 17.6 Å². The molecule has 3 atom stereocenters. The second-order valence-electron chi connectivity index (χ2n) is 5.66. The van der Waals surface area contributed by atoms with Crippen LogP contribution in [0.25, 0.3) is 0 Å². The van der Waals surface area contributed by atoms with Gasteiger partial charge in [-0.15, -0.1) is 0 Å². The maximum absolute atomic E-state index is 13.9. The van der Waals surface area contributed by atoms with Crippen LogP contribution in [0, 0.1) is 11.7 Å². The fourth-order valence-electron chi connectivity index (χ4n) is 2.93. The van der Waals surface area contributed by atoms with Gasteiger partial charge in [0.15, 0.2) is 0 Å². The van der Waals surface area contributed by atoms with E-state index in [0.717, 1.165) is 0 Å². The lowest BCUT2D eigenvalue weighted by molar-refractivity contribution is -0.183. The molecule has 1 aliphatic rings. The van der Waals surface area contributed by atoms with Gasteiger partial charge in [0, 0.05) is 22.1 Å². The normalized spacial score (nSPS) is 24.9. The van der Waals surface area contributed by atoms with Gasteiger partial charge >= 0.3 is 6.18 Å². The number of hydrogen-bond donors (Lipinski definition) is 1. The molecule has 6 heteroatoms. The lowest BCUT2D eigenvalue weighted by Gasteiger charge is -2.33. The molecule has 1 fully saturated rings. The molecule has 1 aromatic carbocycles. The predicted octanol–water partition coefficient (Wildman–Crippen LogP) is 5.36. The number of rotatable bonds is 3.